The van der Waals surface area contributed by atoms with Crippen LogP contribution < -0.4 is 0 Å². The van der Waals surface area contributed by atoms with Crippen LogP contribution in [0.5, 0.6) is 0 Å². The molecule has 3 rings (SSSR count). The van der Waals surface area contributed by atoms with E-state index in [1.54, 1.807) is 0 Å². The maximum atomic E-state index is 4.19. The summed E-state index contributed by atoms with van der Waals surface area (Å²) in [4.78, 5) is 0. The molecule has 226 valence electrons. The van der Waals surface area contributed by atoms with Crippen molar-refractivity contribution in [2.45, 2.75) is 68.2 Å². The molecule has 1 heteroatoms. The molecule has 0 aliphatic carbocycles. The van der Waals surface area contributed by atoms with Crippen molar-refractivity contribution in [1.82, 2.24) is 4.57 Å². The molecule has 0 N–H and O–H groups in total. The summed E-state index contributed by atoms with van der Waals surface area (Å²) in [5, 5.41) is 1.21. The number of fused-ring (bicyclic) bond motifs is 1. The Kier molecular flexibility index (Phi) is 15.1. The maximum Gasteiger partial charge on any atom is 0.0541 e. The monoisotopic (exact) mass is 571 g/mol. The first-order chi connectivity index (χ1) is 20.9. The van der Waals surface area contributed by atoms with Crippen LogP contribution in [-0.4, -0.2) is 4.57 Å². The summed E-state index contributed by atoms with van der Waals surface area (Å²) in [7, 11) is 0. The predicted molar refractivity (Wildman–Crippen MR) is 196 cm³/mol. The minimum absolute atomic E-state index is 0.446. The molecule has 3 aromatic rings. The fourth-order valence-corrected chi connectivity index (χ4v) is 5.43. The first-order valence-electron chi connectivity index (χ1n) is 15.9. The summed E-state index contributed by atoms with van der Waals surface area (Å²) in [6, 6.07) is 19.1. The van der Waals surface area contributed by atoms with Crippen molar-refractivity contribution in [3.63, 3.8) is 0 Å². The van der Waals surface area contributed by atoms with Gasteiger partial charge in [-0.05, 0) is 78.7 Å². The first-order valence-corrected chi connectivity index (χ1v) is 15.9. The summed E-state index contributed by atoms with van der Waals surface area (Å²) < 4.78 is 2.29. The Morgan fingerprint density at radius 2 is 1.58 bits per heavy atom. The van der Waals surface area contributed by atoms with Gasteiger partial charge in [-0.25, -0.2) is 0 Å². The fraction of sp³-hybridized carbons (Fsp3) is 0.286. The van der Waals surface area contributed by atoms with Gasteiger partial charge in [0, 0.05) is 16.6 Å². The summed E-state index contributed by atoms with van der Waals surface area (Å²) in [6.07, 6.45) is 24.0. The van der Waals surface area contributed by atoms with Gasteiger partial charge >= 0.3 is 0 Å². The van der Waals surface area contributed by atoms with Gasteiger partial charge in [-0.3, -0.25) is 0 Å². The topological polar surface area (TPSA) is 4.93 Å². The molecule has 0 aliphatic rings. The highest BCUT2D eigenvalue weighted by molar-refractivity contribution is 5.95. The number of aromatic nitrogens is 1. The molecule has 43 heavy (non-hydrogen) atoms. The molecule has 0 spiro atoms. The Balaban J connectivity index is 0.00000316. The average molecular weight is 572 g/mol. The van der Waals surface area contributed by atoms with Crippen LogP contribution in [-0.2, 0) is 0 Å². The molecule has 0 amide bonds. The van der Waals surface area contributed by atoms with Crippen molar-refractivity contribution in [3.05, 3.63) is 150 Å². The Labute approximate surface area is 262 Å². The van der Waals surface area contributed by atoms with Gasteiger partial charge in [0.05, 0.1) is 11.2 Å². The molecule has 0 fully saturated rings. The Morgan fingerprint density at radius 3 is 2.19 bits per heavy atom. The second-order valence-corrected chi connectivity index (χ2v) is 10.9. The van der Waals surface area contributed by atoms with Gasteiger partial charge in [0.2, 0.25) is 0 Å². The second-order valence-electron chi connectivity index (χ2n) is 10.9. The van der Waals surface area contributed by atoms with Gasteiger partial charge in [0.15, 0.2) is 0 Å². The highest BCUT2D eigenvalue weighted by atomic mass is 15.0. The van der Waals surface area contributed by atoms with Gasteiger partial charge in [-0.15, -0.1) is 0 Å². The van der Waals surface area contributed by atoms with Crippen LogP contribution in [0, 0.1) is 11.8 Å². The van der Waals surface area contributed by atoms with Crippen molar-refractivity contribution in [3.8, 4) is 5.69 Å². The minimum atomic E-state index is 0.446. The molecule has 0 bridgehead atoms. The van der Waals surface area contributed by atoms with Crippen LogP contribution in [0.25, 0.3) is 28.7 Å². The fourth-order valence-electron chi connectivity index (χ4n) is 5.43. The molecule has 2 aromatic carbocycles. The summed E-state index contributed by atoms with van der Waals surface area (Å²) in [6.45, 7) is 25.5. The van der Waals surface area contributed by atoms with Crippen LogP contribution in [0.3, 0.4) is 0 Å². The maximum absolute atomic E-state index is 4.19. The van der Waals surface area contributed by atoms with Gasteiger partial charge in [0.25, 0.3) is 0 Å². The molecular formula is C42H53N. The summed E-state index contributed by atoms with van der Waals surface area (Å²) >= 11 is 0. The number of allylic oxidation sites excluding steroid dienone is 12. The number of hydrogen-bond acceptors (Lipinski definition) is 0. The first kappa shape index (κ1) is 35.1. The lowest BCUT2D eigenvalue weighted by atomic mass is 9.85. The highest BCUT2D eigenvalue weighted by Crippen LogP contribution is 2.33. The third-order valence-electron chi connectivity index (χ3n) is 7.39. The normalized spacial score (nSPS) is 14.0. The predicted octanol–water partition coefficient (Wildman–Crippen LogP) is 12.9. The number of nitrogens with zero attached hydrogens (tertiary/aromatic N) is 1. The van der Waals surface area contributed by atoms with Crippen molar-refractivity contribution in [2.75, 3.05) is 0 Å². The zero-order valence-corrected chi connectivity index (χ0v) is 27.9. The van der Waals surface area contributed by atoms with E-state index >= 15 is 0 Å². The SMILES string of the molecule is C=C\C=C(C)/C(=C\C)C(/C=C\C=C/c1c(C=C)n(-c2ccccc2)c2ccccc12)=C(/C=C\C(C)C)C(C)CCC.CC. The standard InChI is InChI=1S/C40H47N.C2H6/c1-9-20-31(7)34(11-3)36(35(29-28-30(5)6)32(8)21-10-2)24-16-17-25-37-38-26-18-19-27-40(38)41(39(37)12-4)33-22-14-13-15-23-33;1-2/h9,11-20,22-30,32H,1,4,10,21H2,2-3,5-8H3;1-2H3/b24-16-,25-17-,29-28-,31-20-,34-11+,36-35-;. The van der Waals surface area contributed by atoms with Crippen LogP contribution in [0.1, 0.15) is 79.5 Å². The van der Waals surface area contributed by atoms with Crippen molar-refractivity contribution < 1.29 is 0 Å². The van der Waals surface area contributed by atoms with Gasteiger partial charge in [-0.2, -0.15) is 0 Å². The van der Waals surface area contributed by atoms with E-state index in [1.807, 2.05) is 26.0 Å². The van der Waals surface area contributed by atoms with Crippen molar-refractivity contribution in [1.29, 1.82) is 0 Å². The molecule has 0 aliphatic heterocycles. The van der Waals surface area contributed by atoms with Gasteiger partial charge in [-0.1, -0.05) is 152 Å². The zero-order chi connectivity index (χ0) is 31.8. The molecule has 1 aromatic heterocycles. The quantitative estimate of drug-likeness (QED) is 0.180. The van der Waals surface area contributed by atoms with E-state index in [4.69, 9.17) is 0 Å². The minimum Gasteiger partial charge on any atom is -0.309 e. The van der Waals surface area contributed by atoms with Crippen LogP contribution in [0.4, 0.5) is 0 Å². The van der Waals surface area contributed by atoms with E-state index in [1.165, 1.54) is 38.8 Å². The Bertz CT molecular complexity index is 1510. The summed E-state index contributed by atoms with van der Waals surface area (Å²) in [5.74, 6) is 0.934. The second kappa shape index (κ2) is 18.4. The zero-order valence-electron chi connectivity index (χ0n) is 27.9. The van der Waals surface area contributed by atoms with E-state index < -0.39 is 0 Å². The number of hydrogen-bond donors (Lipinski definition) is 0. The number of benzene rings is 2. The van der Waals surface area contributed by atoms with E-state index in [2.05, 4.69) is 162 Å². The highest BCUT2D eigenvalue weighted by Gasteiger charge is 2.16. The van der Waals surface area contributed by atoms with Gasteiger partial charge in [0.1, 0.15) is 0 Å². The Hall–Kier alpha value is -4.10. The van der Waals surface area contributed by atoms with Gasteiger partial charge < -0.3 is 4.57 Å². The van der Waals surface area contributed by atoms with E-state index in [-0.39, 0.29) is 0 Å². The van der Waals surface area contributed by atoms with Crippen LogP contribution in [0.15, 0.2) is 139 Å². The molecule has 1 nitrogen and oxygen atoms in total. The molecule has 0 saturated heterocycles. The van der Waals surface area contributed by atoms with Crippen molar-refractivity contribution in [2.24, 2.45) is 11.8 Å². The Morgan fingerprint density at radius 1 is 0.907 bits per heavy atom. The van der Waals surface area contributed by atoms with E-state index in [9.17, 15) is 0 Å². The third-order valence-corrected chi connectivity index (χ3v) is 7.39. The lowest BCUT2D eigenvalue weighted by molar-refractivity contribution is 0.609. The van der Waals surface area contributed by atoms with E-state index in [0.717, 1.165) is 24.2 Å². The van der Waals surface area contributed by atoms with Crippen LogP contribution in [0.2, 0.25) is 0 Å². The average Bonchev–Trinajstić information content (AvgIpc) is 3.34. The van der Waals surface area contributed by atoms with Crippen LogP contribution >= 0.6 is 0 Å². The molecule has 0 saturated carbocycles. The summed E-state index contributed by atoms with van der Waals surface area (Å²) in [5.41, 5.74) is 9.67. The van der Waals surface area contributed by atoms with Crippen molar-refractivity contribution >= 4 is 23.1 Å². The molecule has 1 unspecified atom stereocenters. The molecular weight excluding hydrogens is 518 g/mol. The third kappa shape index (κ3) is 9.19. The number of para-hydroxylation sites is 2. The lowest BCUT2D eigenvalue weighted by Gasteiger charge is -2.20. The number of rotatable bonds is 13. The lowest BCUT2D eigenvalue weighted by Crippen LogP contribution is -2.04. The molecule has 1 heterocycles. The largest absolute Gasteiger partial charge is 0.309 e. The molecule has 1 atom stereocenters. The molecule has 0 radical (unpaired) electrons. The smallest absolute Gasteiger partial charge is 0.0541 e. The van der Waals surface area contributed by atoms with E-state index in [0.29, 0.717) is 11.8 Å².